The van der Waals surface area contributed by atoms with Crippen LogP contribution in [0.5, 0.6) is 0 Å². The van der Waals surface area contributed by atoms with Gasteiger partial charge in [0.25, 0.3) is 0 Å². The molecule has 1 N–H and O–H groups in total. The second-order valence-electron chi connectivity index (χ2n) is 5.63. The van der Waals surface area contributed by atoms with E-state index in [4.69, 9.17) is 12.2 Å². The first-order valence-corrected chi connectivity index (χ1v) is 6.74. The minimum absolute atomic E-state index is 0.417. The van der Waals surface area contributed by atoms with Gasteiger partial charge in [-0.1, -0.05) is 6.42 Å². The van der Waals surface area contributed by atoms with Crippen molar-refractivity contribution in [2.24, 2.45) is 11.8 Å². The maximum absolute atomic E-state index is 5.32. The van der Waals surface area contributed by atoms with E-state index in [0.717, 1.165) is 16.6 Å². The van der Waals surface area contributed by atoms with Crippen LogP contribution in [0.25, 0.3) is 0 Å². The van der Waals surface area contributed by atoms with E-state index in [1.54, 1.807) is 0 Å². The van der Waals surface area contributed by atoms with Crippen molar-refractivity contribution in [3.05, 3.63) is 10.6 Å². The van der Waals surface area contributed by atoms with Crippen LogP contribution in [0.15, 0.2) is 0 Å². The predicted octanol–water partition coefficient (Wildman–Crippen LogP) is 3.43. The number of hydrogen-bond acceptors (Lipinski definition) is 2. The monoisotopic (exact) mass is 237 g/mol. The van der Waals surface area contributed by atoms with Crippen molar-refractivity contribution in [1.82, 2.24) is 14.8 Å². The van der Waals surface area contributed by atoms with Crippen molar-refractivity contribution in [2.75, 3.05) is 0 Å². The number of nitrogens with one attached hydrogen (secondary N) is 1. The summed E-state index contributed by atoms with van der Waals surface area (Å²) >= 11 is 5.32. The van der Waals surface area contributed by atoms with Crippen molar-refractivity contribution in [3.63, 3.8) is 0 Å². The van der Waals surface area contributed by atoms with Gasteiger partial charge in [0.15, 0.2) is 4.77 Å². The van der Waals surface area contributed by atoms with Gasteiger partial charge in [-0.2, -0.15) is 5.10 Å². The lowest BCUT2D eigenvalue weighted by Crippen LogP contribution is -2.16. The molecule has 0 saturated heterocycles. The number of nitrogens with zero attached hydrogens (tertiary/aromatic N) is 2. The predicted molar refractivity (Wildman–Crippen MR) is 66.0 cm³/mol. The number of aromatic amines is 1. The quantitative estimate of drug-likeness (QED) is 0.800. The highest BCUT2D eigenvalue weighted by Gasteiger charge is 2.42. The average molecular weight is 237 g/mol. The standard InChI is InChI=1S/C12H19N3S/c1-7(2)15-11(13-14-12(15)16)10-6-8-3-4-9(10)5-8/h7-10H,3-6H2,1-2H3,(H,14,16). The van der Waals surface area contributed by atoms with Gasteiger partial charge in [0, 0.05) is 12.0 Å². The topological polar surface area (TPSA) is 33.6 Å². The minimum Gasteiger partial charge on any atom is -0.301 e. The Morgan fingerprint density at radius 1 is 1.38 bits per heavy atom. The molecule has 2 aliphatic rings. The third-order valence-corrected chi connectivity index (χ3v) is 4.61. The number of hydrogen-bond donors (Lipinski definition) is 1. The summed E-state index contributed by atoms with van der Waals surface area (Å²) in [5.74, 6) is 3.70. The largest absolute Gasteiger partial charge is 0.301 e. The first kappa shape index (κ1) is 10.5. The Morgan fingerprint density at radius 2 is 2.19 bits per heavy atom. The zero-order valence-corrected chi connectivity index (χ0v) is 10.8. The molecule has 3 atom stereocenters. The van der Waals surface area contributed by atoms with Crippen molar-refractivity contribution < 1.29 is 0 Å². The molecule has 3 rings (SSSR count). The molecule has 3 unspecified atom stereocenters. The highest BCUT2D eigenvalue weighted by molar-refractivity contribution is 7.71. The van der Waals surface area contributed by atoms with E-state index in [1.165, 1.54) is 31.5 Å². The number of rotatable bonds is 2. The lowest BCUT2D eigenvalue weighted by atomic mass is 9.88. The van der Waals surface area contributed by atoms with Crippen molar-refractivity contribution in [3.8, 4) is 0 Å². The van der Waals surface area contributed by atoms with Gasteiger partial charge in [-0.25, -0.2) is 0 Å². The van der Waals surface area contributed by atoms with Crippen LogP contribution in [0.3, 0.4) is 0 Å². The van der Waals surface area contributed by atoms with Crippen LogP contribution in [0.4, 0.5) is 0 Å². The van der Waals surface area contributed by atoms with Gasteiger partial charge in [0.05, 0.1) is 0 Å². The number of fused-ring (bicyclic) bond motifs is 2. The Morgan fingerprint density at radius 3 is 2.75 bits per heavy atom. The van der Waals surface area contributed by atoms with E-state index < -0.39 is 0 Å². The third-order valence-electron chi connectivity index (χ3n) is 4.32. The lowest BCUT2D eigenvalue weighted by molar-refractivity contribution is 0.384. The van der Waals surface area contributed by atoms with Crippen LogP contribution in [0.2, 0.25) is 0 Å². The Bertz CT molecular complexity index is 445. The summed E-state index contributed by atoms with van der Waals surface area (Å²) < 4.78 is 2.99. The molecule has 1 aromatic rings. The highest BCUT2D eigenvalue weighted by atomic mass is 32.1. The molecule has 0 radical (unpaired) electrons. The van der Waals surface area contributed by atoms with Crippen LogP contribution in [0, 0.1) is 16.6 Å². The van der Waals surface area contributed by atoms with E-state index in [9.17, 15) is 0 Å². The summed E-state index contributed by atoms with van der Waals surface area (Å²) in [6, 6.07) is 0.417. The zero-order valence-electron chi connectivity index (χ0n) is 9.94. The summed E-state index contributed by atoms with van der Waals surface area (Å²) in [7, 11) is 0. The fourth-order valence-corrected chi connectivity index (χ4v) is 3.99. The summed E-state index contributed by atoms with van der Waals surface area (Å²) in [5.41, 5.74) is 0. The molecule has 2 fully saturated rings. The molecule has 2 aliphatic carbocycles. The molecule has 16 heavy (non-hydrogen) atoms. The van der Waals surface area contributed by atoms with E-state index in [1.807, 2.05) is 0 Å². The van der Waals surface area contributed by atoms with Crippen LogP contribution < -0.4 is 0 Å². The smallest absolute Gasteiger partial charge is 0.195 e. The average Bonchev–Trinajstić information content (AvgIpc) is 2.89. The third kappa shape index (κ3) is 1.46. The molecule has 0 aliphatic heterocycles. The molecular weight excluding hydrogens is 218 g/mol. The lowest BCUT2D eigenvalue weighted by Gasteiger charge is -2.22. The Balaban J connectivity index is 1.98. The molecular formula is C12H19N3S. The number of H-pyrrole nitrogens is 1. The molecule has 4 heteroatoms. The van der Waals surface area contributed by atoms with Gasteiger partial charge in [-0.05, 0) is 57.2 Å². The minimum atomic E-state index is 0.417. The van der Waals surface area contributed by atoms with Gasteiger partial charge in [0.1, 0.15) is 5.82 Å². The molecule has 1 aromatic heterocycles. The zero-order chi connectivity index (χ0) is 11.3. The van der Waals surface area contributed by atoms with E-state index in [0.29, 0.717) is 12.0 Å². The van der Waals surface area contributed by atoms with E-state index in [-0.39, 0.29) is 0 Å². The summed E-state index contributed by atoms with van der Waals surface area (Å²) in [6.07, 6.45) is 5.58. The molecule has 0 amide bonds. The molecule has 3 nitrogen and oxygen atoms in total. The molecule has 2 bridgehead atoms. The van der Waals surface area contributed by atoms with E-state index >= 15 is 0 Å². The van der Waals surface area contributed by atoms with Crippen LogP contribution in [-0.4, -0.2) is 14.8 Å². The summed E-state index contributed by atoms with van der Waals surface area (Å²) in [5, 5.41) is 7.45. The normalized spacial score (nSPS) is 32.8. The highest BCUT2D eigenvalue weighted by Crippen LogP contribution is 2.52. The first-order valence-electron chi connectivity index (χ1n) is 6.33. The molecule has 2 saturated carbocycles. The van der Waals surface area contributed by atoms with Crippen molar-refractivity contribution >= 4 is 12.2 Å². The van der Waals surface area contributed by atoms with Gasteiger partial charge in [0.2, 0.25) is 0 Å². The number of aromatic nitrogens is 3. The summed E-state index contributed by atoms with van der Waals surface area (Å²) in [4.78, 5) is 0. The fourth-order valence-electron chi connectivity index (χ4n) is 3.64. The van der Waals surface area contributed by atoms with Gasteiger partial charge in [-0.3, -0.25) is 5.10 Å². The fraction of sp³-hybridized carbons (Fsp3) is 0.833. The first-order chi connectivity index (χ1) is 7.66. The van der Waals surface area contributed by atoms with Gasteiger partial charge in [-0.15, -0.1) is 0 Å². The maximum atomic E-state index is 5.32. The molecule has 88 valence electrons. The molecule has 0 spiro atoms. The van der Waals surface area contributed by atoms with Crippen LogP contribution in [0.1, 0.15) is 57.3 Å². The Labute approximate surface area is 101 Å². The van der Waals surface area contributed by atoms with Crippen molar-refractivity contribution in [2.45, 2.75) is 51.5 Å². The van der Waals surface area contributed by atoms with E-state index in [2.05, 4.69) is 28.6 Å². The van der Waals surface area contributed by atoms with Gasteiger partial charge >= 0.3 is 0 Å². The summed E-state index contributed by atoms with van der Waals surface area (Å²) in [6.45, 7) is 4.37. The Hall–Kier alpha value is -0.640. The van der Waals surface area contributed by atoms with Crippen LogP contribution >= 0.6 is 12.2 Å². The second-order valence-corrected chi connectivity index (χ2v) is 6.02. The molecule has 0 aromatic carbocycles. The maximum Gasteiger partial charge on any atom is 0.195 e. The van der Waals surface area contributed by atoms with Gasteiger partial charge < -0.3 is 4.57 Å². The molecule has 1 heterocycles. The second kappa shape index (κ2) is 3.69. The van der Waals surface area contributed by atoms with Crippen LogP contribution in [-0.2, 0) is 0 Å². The Kier molecular flexibility index (Phi) is 2.42. The van der Waals surface area contributed by atoms with Crippen molar-refractivity contribution in [1.29, 1.82) is 0 Å². The SMILES string of the molecule is CC(C)n1c(C2CC3CCC2C3)n[nH]c1=S.